The van der Waals surface area contributed by atoms with Gasteiger partial charge in [0, 0.05) is 23.5 Å². The largest absolute Gasteiger partial charge is 0.478 e. The van der Waals surface area contributed by atoms with Gasteiger partial charge in [-0.2, -0.15) is 36.5 Å². The monoisotopic (exact) mass is 1000 g/mol. The van der Waals surface area contributed by atoms with Crippen LogP contribution in [0, 0.1) is 10.8 Å². The van der Waals surface area contributed by atoms with Crippen LogP contribution in [0.1, 0.15) is 139 Å². The number of nitrogens with zero attached hydrogens (tertiary/aromatic N) is 4. The molecule has 4 aromatic heterocycles. The predicted octanol–water partition coefficient (Wildman–Crippen LogP) is 10.4. The summed E-state index contributed by atoms with van der Waals surface area (Å²) < 4.78 is 89.4. The first-order valence-corrected chi connectivity index (χ1v) is 23.4. The van der Waals surface area contributed by atoms with Gasteiger partial charge in [-0.1, -0.05) is 43.8 Å². The van der Waals surface area contributed by atoms with Crippen molar-refractivity contribution in [2.75, 3.05) is 14.2 Å². The Bertz CT molecular complexity index is 2900. The van der Waals surface area contributed by atoms with Gasteiger partial charge in [0.2, 0.25) is 0 Å². The molecule has 0 spiro atoms. The highest BCUT2D eigenvalue weighted by Gasteiger charge is 2.54. The zero-order valence-corrected chi connectivity index (χ0v) is 39.2. The van der Waals surface area contributed by atoms with Crippen LogP contribution < -0.4 is 11.1 Å². The van der Waals surface area contributed by atoms with Crippen LogP contribution in [0.4, 0.5) is 26.3 Å². The third-order valence-corrected chi connectivity index (χ3v) is 15.2. The van der Waals surface area contributed by atoms with Gasteiger partial charge in [0.15, 0.2) is 0 Å². The first-order valence-electron chi connectivity index (χ1n) is 23.4. The summed E-state index contributed by atoms with van der Waals surface area (Å²) >= 11 is 0. The van der Waals surface area contributed by atoms with Crippen LogP contribution in [0.25, 0.3) is 11.0 Å². The average molecular weight is 1010 g/mol. The number of ether oxygens (including phenoxy) is 2. The lowest BCUT2D eigenvalue weighted by Gasteiger charge is -2.51. The van der Waals surface area contributed by atoms with Crippen LogP contribution in [0.2, 0.25) is 0 Å². The number of benzene rings is 2. The Labute approximate surface area is 412 Å². The molecule has 19 heteroatoms. The maximum absolute atomic E-state index is 13.4. The summed E-state index contributed by atoms with van der Waals surface area (Å²) in [5.41, 5.74) is 8.23. The molecular formula is C53H58F6N6O7. The average Bonchev–Trinajstić information content (AvgIpc) is 4.02. The van der Waals surface area contributed by atoms with E-state index in [1.807, 2.05) is 6.07 Å². The van der Waals surface area contributed by atoms with Crippen LogP contribution in [0.5, 0.6) is 0 Å². The molecule has 1 amide bonds. The van der Waals surface area contributed by atoms with Crippen molar-refractivity contribution in [2.24, 2.45) is 16.6 Å². The zero-order chi connectivity index (χ0) is 51.0. The third kappa shape index (κ3) is 10.9. The van der Waals surface area contributed by atoms with E-state index in [0.717, 1.165) is 68.4 Å². The maximum atomic E-state index is 13.4. The summed E-state index contributed by atoms with van der Waals surface area (Å²) in [5.74, 6) is -1.51. The lowest BCUT2D eigenvalue weighted by molar-refractivity contribution is -0.160. The van der Waals surface area contributed by atoms with Crippen LogP contribution >= 0.6 is 0 Å². The molecule has 4 N–H and O–H groups in total. The van der Waals surface area contributed by atoms with E-state index in [4.69, 9.17) is 15.2 Å². The zero-order valence-electron chi connectivity index (χ0n) is 39.2. The number of pyridine rings is 2. The first-order chi connectivity index (χ1) is 33.6. The molecule has 0 unspecified atom stereocenters. The van der Waals surface area contributed by atoms with E-state index in [-0.39, 0.29) is 47.3 Å². The molecule has 0 aliphatic heterocycles. The van der Waals surface area contributed by atoms with E-state index in [9.17, 15) is 50.6 Å². The number of rotatable bonds is 9. The van der Waals surface area contributed by atoms with Crippen LogP contribution in [-0.2, 0) is 44.3 Å². The number of nitrogens with one attached hydrogen (secondary N) is 1. The highest BCUT2D eigenvalue weighted by Crippen LogP contribution is 2.53. The Morgan fingerprint density at radius 2 is 0.986 bits per heavy atom. The summed E-state index contributed by atoms with van der Waals surface area (Å²) in [7, 11) is 2.90. The summed E-state index contributed by atoms with van der Waals surface area (Å²) in [6.07, 6.45) is 8.02. The second kappa shape index (κ2) is 20.4. The van der Waals surface area contributed by atoms with Crippen molar-refractivity contribution in [2.45, 2.75) is 121 Å². The molecular weight excluding hydrogens is 947 g/mol. The highest BCUT2D eigenvalue weighted by molar-refractivity contribution is 6.02. The fourth-order valence-corrected chi connectivity index (χ4v) is 10.8. The van der Waals surface area contributed by atoms with E-state index < -0.39 is 34.9 Å². The summed E-state index contributed by atoms with van der Waals surface area (Å²) in [6, 6.07) is 17.0. The molecule has 6 aliphatic rings. The molecule has 4 heterocycles. The Balaban J connectivity index is 0.000000176. The number of halogens is 6. The van der Waals surface area contributed by atoms with Gasteiger partial charge in [-0.25, -0.2) is 13.8 Å². The van der Waals surface area contributed by atoms with E-state index in [1.165, 1.54) is 55.4 Å². The van der Waals surface area contributed by atoms with Gasteiger partial charge in [0.1, 0.15) is 5.56 Å². The second-order valence-electron chi connectivity index (χ2n) is 19.5. The van der Waals surface area contributed by atoms with Crippen LogP contribution in [0.3, 0.4) is 0 Å². The van der Waals surface area contributed by atoms with Crippen LogP contribution in [-0.4, -0.2) is 73.4 Å². The van der Waals surface area contributed by atoms with Crippen molar-refractivity contribution in [3.05, 3.63) is 142 Å². The Morgan fingerprint density at radius 1 is 0.611 bits per heavy atom. The molecule has 12 rings (SSSR count). The van der Waals surface area contributed by atoms with E-state index >= 15 is 0 Å². The van der Waals surface area contributed by atoms with Gasteiger partial charge >= 0.3 is 30.3 Å². The topological polar surface area (TPSA) is 180 Å². The molecule has 4 bridgehead atoms. The fourth-order valence-electron chi connectivity index (χ4n) is 10.8. The van der Waals surface area contributed by atoms with Gasteiger partial charge < -0.3 is 25.6 Å². The number of methoxy groups -OCH3 is 2. The fraction of sp³-hybridized carbons (Fsp3) is 0.434. The number of hydrogen-bond donors (Lipinski definition) is 3. The SMILES string of the molecule is C.COC(=O)C12CCC(N)(CC1)CC2.COC(=O)C12CCC(NC(=O)c3cnn4cccc(Cc5ccc(C(F)(F)F)cc5)c34)(CC1)CC2.O=C(O)c1cnn2cccc(Cc3ccc(C(F)(F)F)cc3)c12. The van der Waals surface area contributed by atoms with E-state index in [0.29, 0.717) is 84.7 Å². The van der Waals surface area contributed by atoms with Crippen molar-refractivity contribution in [1.82, 2.24) is 24.5 Å². The number of carbonyl (C=O) groups is 4. The van der Waals surface area contributed by atoms with E-state index in [2.05, 4.69) is 15.5 Å². The number of fused-ring (bicyclic) bond motifs is 8. The van der Waals surface area contributed by atoms with Crippen molar-refractivity contribution < 1.29 is 60.1 Å². The van der Waals surface area contributed by atoms with Gasteiger partial charge in [-0.05, 0) is 149 Å². The quantitative estimate of drug-likeness (QED) is 0.0932. The Kier molecular flexibility index (Phi) is 15.0. The lowest BCUT2D eigenvalue weighted by atomic mass is 9.57. The summed E-state index contributed by atoms with van der Waals surface area (Å²) in [5, 5.41) is 20.8. The summed E-state index contributed by atoms with van der Waals surface area (Å²) in [6.45, 7) is 0. The van der Waals surface area contributed by atoms with Crippen molar-refractivity contribution in [1.29, 1.82) is 0 Å². The maximum Gasteiger partial charge on any atom is 0.416 e. The van der Waals surface area contributed by atoms with Crippen LogP contribution in [0.15, 0.2) is 97.6 Å². The van der Waals surface area contributed by atoms with Crippen molar-refractivity contribution in [3.8, 4) is 0 Å². The molecule has 72 heavy (non-hydrogen) atoms. The number of carboxylic acids is 1. The first kappa shape index (κ1) is 53.0. The number of esters is 2. The second-order valence-corrected chi connectivity index (χ2v) is 19.5. The standard InChI is InChI=1S/C26H26F3N3O3.C16H11F3N2O2.C10H17NO2.CH4/c1-35-23(34)24-8-11-25(12-9-24,13-10-24)31-22(33)20-16-30-32-14-2-3-18(21(20)32)15-17-4-6-19(7-5-17)26(27,28)29;17-16(18,19)12-5-3-10(4-6-12)8-11-2-1-7-21-14(11)13(9-20-21)15(22)23;1-13-8(12)9-2-5-10(11,6-3-9)7-4-9;/h2-7,14,16H,8-13,15H2,1H3,(H,31,33);1-7,9H,8H2,(H,22,23);2-7,11H2,1H3;1H4. The number of carboxylic acid groups (broad SMARTS) is 1. The van der Waals surface area contributed by atoms with E-state index in [1.54, 1.807) is 35.1 Å². The van der Waals surface area contributed by atoms with Gasteiger partial charge in [-0.15, -0.1) is 0 Å². The molecule has 0 radical (unpaired) electrons. The molecule has 6 fully saturated rings. The molecule has 6 aliphatic carbocycles. The van der Waals surface area contributed by atoms with Gasteiger partial charge in [0.05, 0.1) is 65.2 Å². The highest BCUT2D eigenvalue weighted by atomic mass is 19.4. The van der Waals surface area contributed by atoms with Gasteiger partial charge in [-0.3, -0.25) is 14.4 Å². The number of amides is 1. The third-order valence-electron chi connectivity index (χ3n) is 15.2. The molecule has 2 aromatic carbocycles. The number of alkyl halides is 6. The number of aromatic nitrogens is 4. The number of hydrogen-bond acceptors (Lipinski definition) is 9. The summed E-state index contributed by atoms with van der Waals surface area (Å²) in [4.78, 5) is 48.5. The molecule has 384 valence electrons. The molecule has 0 atom stereocenters. The molecule has 0 saturated heterocycles. The minimum atomic E-state index is -4.39. The molecule has 6 aromatic rings. The normalized spacial score (nSPS) is 23.2. The lowest BCUT2D eigenvalue weighted by Crippen LogP contribution is -2.58. The van der Waals surface area contributed by atoms with Gasteiger partial charge in [0.25, 0.3) is 5.91 Å². The minimum Gasteiger partial charge on any atom is -0.478 e. The Hall–Kier alpha value is -6.76. The number of aromatic carboxylic acids is 1. The van der Waals surface area contributed by atoms with Crippen molar-refractivity contribution >= 4 is 34.8 Å². The molecule has 13 nitrogen and oxygen atoms in total. The minimum absolute atomic E-state index is 0. The predicted molar refractivity (Wildman–Crippen MR) is 254 cm³/mol. The molecule has 6 saturated carbocycles. The smallest absolute Gasteiger partial charge is 0.416 e. The Morgan fingerprint density at radius 3 is 1.36 bits per heavy atom. The number of carbonyl (C=O) groups excluding carboxylic acids is 3. The van der Waals surface area contributed by atoms with Crippen molar-refractivity contribution in [3.63, 3.8) is 0 Å². The number of nitrogens with two attached hydrogens (primary N) is 1.